The Kier molecular flexibility index (Phi) is 5.11. The molecule has 2 heteroatoms. The topological polar surface area (TPSA) is 15.3 Å². The monoisotopic (exact) mass is 224 g/mol. The van der Waals surface area contributed by atoms with Crippen molar-refractivity contribution >= 4 is 0 Å². The van der Waals surface area contributed by atoms with E-state index in [2.05, 4.69) is 17.1 Å². The maximum absolute atomic E-state index is 3.53. The molecule has 1 unspecified atom stereocenters. The minimum atomic E-state index is 0.864. The fourth-order valence-corrected chi connectivity index (χ4v) is 3.56. The highest BCUT2D eigenvalue weighted by Gasteiger charge is 2.26. The van der Waals surface area contributed by atoms with Crippen molar-refractivity contribution < 1.29 is 0 Å². The minimum absolute atomic E-state index is 0.864. The molecule has 1 saturated heterocycles. The quantitative estimate of drug-likeness (QED) is 0.793. The van der Waals surface area contributed by atoms with Gasteiger partial charge in [0.25, 0.3) is 0 Å². The van der Waals surface area contributed by atoms with Crippen LogP contribution in [0.2, 0.25) is 0 Å². The molecule has 1 atom stereocenters. The van der Waals surface area contributed by atoms with Crippen molar-refractivity contribution in [3.8, 4) is 0 Å². The highest BCUT2D eigenvalue weighted by molar-refractivity contribution is 4.83. The second-order valence-corrected chi connectivity index (χ2v) is 5.46. The van der Waals surface area contributed by atoms with Gasteiger partial charge in [-0.2, -0.15) is 0 Å². The third kappa shape index (κ3) is 3.21. The summed E-state index contributed by atoms with van der Waals surface area (Å²) in [7, 11) is 0. The van der Waals surface area contributed by atoms with E-state index in [0.717, 1.165) is 12.1 Å². The summed E-state index contributed by atoms with van der Waals surface area (Å²) in [4.78, 5) is 2.83. The van der Waals surface area contributed by atoms with Crippen LogP contribution in [0, 0.1) is 0 Å². The molecule has 1 N–H and O–H groups in total. The van der Waals surface area contributed by atoms with Crippen molar-refractivity contribution in [2.45, 2.75) is 70.4 Å². The smallest absolute Gasteiger partial charge is 0.0111 e. The van der Waals surface area contributed by atoms with Crippen molar-refractivity contribution in [3.05, 3.63) is 0 Å². The number of hydrogen-bond donors (Lipinski definition) is 1. The van der Waals surface area contributed by atoms with Gasteiger partial charge in [0.05, 0.1) is 0 Å². The Labute approximate surface area is 101 Å². The van der Waals surface area contributed by atoms with Gasteiger partial charge >= 0.3 is 0 Å². The summed E-state index contributed by atoms with van der Waals surface area (Å²) >= 11 is 0. The first-order valence-corrected chi connectivity index (χ1v) is 7.38. The number of nitrogens with one attached hydrogen (secondary N) is 1. The van der Waals surface area contributed by atoms with Crippen LogP contribution in [0.3, 0.4) is 0 Å². The van der Waals surface area contributed by atoms with E-state index in [0.29, 0.717) is 0 Å². The van der Waals surface area contributed by atoms with Crippen LogP contribution in [0.15, 0.2) is 0 Å². The largest absolute Gasteiger partial charge is 0.317 e. The number of nitrogens with zero attached hydrogens (tertiary/aromatic N) is 1. The number of hydrogen-bond acceptors (Lipinski definition) is 2. The van der Waals surface area contributed by atoms with E-state index in [9.17, 15) is 0 Å². The Balaban J connectivity index is 1.90. The molecule has 16 heavy (non-hydrogen) atoms. The Bertz CT molecular complexity index is 179. The molecule has 0 aromatic rings. The Morgan fingerprint density at radius 1 is 0.875 bits per heavy atom. The summed E-state index contributed by atoms with van der Waals surface area (Å²) in [6.07, 6.45) is 11.5. The molecule has 0 aromatic carbocycles. The maximum atomic E-state index is 3.53. The average molecular weight is 224 g/mol. The van der Waals surface area contributed by atoms with Gasteiger partial charge in [-0.15, -0.1) is 0 Å². The van der Waals surface area contributed by atoms with Crippen molar-refractivity contribution in [3.63, 3.8) is 0 Å². The Morgan fingerprint density at radius 3 is 2.31 bits per heavy atom. The zero-order valence-corrected chi connectivity index (χ0v) is 10.9. The highest BCUT2D eigenvalue weighted by atomic mass is 15.2. The van der Waals surface area contributed by atoms with E-state index in [-0.39, 0.29) is 0 Å². The fourth-order valence-electron chi connectivity index (χ4n) is 3.56. The predicted molar refractivity (Wildman–Crippen MR) is 69.8 cm³/mol. The van der Waals surface area contributed by atoms with Gasteiger partial charge in [0, 0.05) is 12.1 Å². The third-order valence-electron chi connectivity index (χ3n) is 4.42. The first-order valence-electron chi connectivity index (χ1n) is 7.38. The van der Waals surface area contributed by atoms with Gasteiger partial charge in [-0.25, -0.2) is 0 Å². The first-order chi connectivity index (χ1) is 7.92. The van der Waals surface area contributed by atoms with Crippen LogP contribution < -0.4 is 5.32 Å². The molecule has 1 saturated carbocycles. The molecular weight excluding hydrogens is 196 g/mol. The zero-order valence-electron chi connectivity index (χ0n) is 10.9. The molecule has 2 aliphatic rings. The van der Waals surface area contributed by atoms with Crippen molar-refractivity contribution in [1.82, 2.24) is 10.2 Å². The molecular formula is C14H28N2. The van der Waals surface area contributed by atoms with E-state index in [1.165, 1.54) is 71.0 Å². The molecule has 0 radical (unpaired) electrons. The third-order valence-corrected chi connectivity index (χ3v) is 4.42. The SMILES string of the molecule is CCN(C1CCCCC1)C1CCCNCC1. The van der Waals surface area contributed by atoms with Crippen LogP contribution in [0.1, 0.15) is 58.3 Å². The molecule has 2 rings (SSSR count). The molecule has 0 amide bonds. The normalized spacial score (nSPS) is 29.2. The van der Waals surface area contributed by atoms with Crippen LogP contribution in [0.4, 0.5) is 0 Å². The van der Waals surface area contributed by atoms with Crippen LogP contribution in [0.5, 0.6) is 0 Å². The molecule has 1 aliphatic heterocycles. The number of rotatable bonds is 3. The first kappa shape index (κ1) is 12.4. The summed E-state index contributed by atoms with van der Waals surface area (Å²) in [5, 5.41) is 3.53. The lowest BCUT2D eigenvalue weighted by Crippen LogP contribution is -2.44. The Morgan fingerprint density at radius 2 is 1.56 bits per heavy atom. The second-order valence-electron chi connectivity index (χ2n) is 5.46. The van der Waals surface area contributed by atoms with E-state index in [1.807, 2.05) is 0 Å². The van der Waals surface area contributed by atoms with Crippen molar-refractivity contribution in [2.75, 3.05) is 19.6 Å². The summed E-state index contributed by atoms with van der Waals surface area (Å²) in [6.45, 7) is 6.08. The van der Waals surface area contributed by atoms with Crippen molar-refractivity contribution in [1.29, 1.82) is 0 Å². The Hall–Kier alpha value is -0.0800. The molecule has 0 spiro atoms. The van der Waals surface area contributed by atoms with Gasteiger partial charge in [-0.1, -0.05) is 26.2 Å². The maximum Gasteiger partial charge on any atom is 0.0111 e. The lowest BCUT2D eigenvalue weighted by Gasteiger charge is -2.39. The lowest BCUT2D eigenvalue weighted by atomic mass is 9.92. The summed E-state index contributed by atoms with van der Waals surface area (Å²) in [5.41, 5.74) is 0. The van der Waals surface area contributed by atoms with E-state index in [4.69, 9.17) is 0 Å². The summed E-state index contributed by atoms with van der Waals surface area (Å²) in [5.74, 6) is 0. The minimum Gasteiger partial charge on any atom is -0.317 e. The van der Waals surface area contributed by atoms with Crippen LogP contribution in [-0.4, -0.2) is 36.6 Å². The molecule has 1 aliphatic carbocycles. The average Bonchev–Trinajstić information content (AvgIpc) is 2.61. The van der Waals surface area contributed by atoms with Gasteiger partial charge in [-0.05, 0) is 51.7 Å². The summed E-state index contributed by atoms with van der Waals surface area (Å²) in [6, 6.07) is 1.77. The van der Waals surface area contributed by atoms with Gasteiger partial charge < -0.3 is 5.32 Å². The molecule has 94 valence electrons. The van der Waals surface area contributed by atoms with Gasteiger partial charge in [0.1, 0.15) is 0 Å². The molecule has 2 fully saturated rings. The molecule has 2 nitrogen and oxygen atoms in total. The lowest BCUT2D eigenvalue weighted by molar-refractivity contribution is 0.102. The zero-order chi connectivity index (χ0) is 11.2. The van der Waals surface area contributed by atoms with Crippen LogP contribution >= 0.6 is 0 Å². The van der Waals surface area contributed by atoms with E-state index < -0.39 is 0 Å². The molecule has 0 bridgehead atoms. The van der Waals surface area contributed by atoms with Gasteiger partial charge in [0.15, 0.2) is 0 Å². The van der Waals surface area contributed by atoms with Gasteiger partial charge in [-0.3, -0.25) is 4.90 Å². The van der Waals surface area contributed by atoms with Crippen molar-refractivity contribution in [2.24, 2.45) is 0 Å². The van der Waals surface area contributed by atoms with E-state index >= 15 is 0 Å². The van der Waals surface area contributed by atoms with Crippen LogP contribution in [-0.2, 0) is 0 Å². The molecule has 0 aromatic heterocycles. The standard InChI is InChI=1S/C14H28N2/c1-2-16(13-7-4-3-5-8-13)14-9-6-11-15-12-10-14/h13-15H,2-12H2,1H3. The van der Waals surface area contributed by atoms with Crippen LogP contribution in [0.25, 0.3) is 0 Å². The highest BCUT2D eigenvalue weighted by Crippen LogP contribution is 2.26. The molecule has 1 heterocycles. The fraction of sp³-hybridized carbons (Fsp3) is 1.00. The predicted octanol–water partition coefficient (Wildman–Crippen LogP) is 2.78. The van der Waals surface area contributed by atoms with Gasteiger partial charge in [0.2, 0.25) is 0 Å². The van der Waals surface area contributed by atoms with E-state index in [1.54, 1.807) is 0 Å². The second kappa shape index (κ2) is 6.61. The summed E-state index contributed by atoms with van der Waals surface area (Å²) < 4.78 is 0.